The van der Waals surface area contributed by atoms with Crippen molar-refractivity contribution >= 4 is 21.6 Å². The third kappa shape index (κ3) is 2.42. The Morgan fingerprint density at radius 3 is 2.67 bits per heavy atom. The van der Waals surface area contributed by atoms with Gasteiger partial charge in [-0.15, -0.1) is 0 Å². The predicted molar refractivity (Wildman–Crippen MR) is 83.4 cm³/mol. The van der Waals surface area contributed by atoms with Gasteiger partial charge in [-0.1, -0.05) is 22.0 Å². The van der Waals surface area contributed by atoms with Gasteiger partial charge in [-0.3, -0.25) is 0 Å². The molecule has 0 aromatic heterocycles. The van der Waals surface area contributed by atoms with Crippen LogP contribution in [-0.2, 0) is 0 Å². The predicted octanol–water partition coefficient (Wildman–Crippen LogP) is 3.77. The molecule has 0 fully saturated rings. The number of benzene rings is 2. The van der Waals surface area contributed by atoms with E-state index < -0.39 is 0 Å². The Bertz CT molecular complexity index is 689. The Morgan fingerprint density at radius 2 is 1.76 bits per heavy atom. The molecular formula is C16H14BrNO3. The third-order valence-corrected chi connectivity index (χ3v) is 4.12. The highest BCUT2D eigenvalue weighted by molar-refractivity contribution is 9.10. The van der Waals surface area contributed by atoms with Crippen molar-refractivity contribution in [1.82, 2.24) is 0 Å². The third-order valence-electron chi connectivity index (χ3n) is 3.63. The van der Waals surface area contributed by atoms with Gasteiger partial charge in [0.1, 0.15) is 25.1 Å². The molecule has 21 heavy (non-hydrogen) atoms. The molecule has 0 bridgehead atoms. The largest absolute Gasteiger partial charge is 0.486 e. The molecule has 0 amide bonds. The van der Waals surface area contributed by atoms with Crippen molar-refractivity contribution in [1.29, 1.82) is 0 Å². The minimum absolute atomic E-state index is 0.0329. The summed E-state index contributed by atoms with van der Waals surface area (Å²) in [6.07, 6.45) is -0.0329. The van der Waals surface area contributed by atoms with E-state index >= 15 is 0 Å². The van der Waals surface area contributed by atoms with Crippen LogP contribution in [0.4, 0.5) is 5.69 Å². The molecule has 2 aliphatic heterocycles. The number of hydrogen-bond acceptors (Lipinski definition) is 4. The van der Waals surface area contributed by atoms with Gasteiger partial charge in [-0.05, 0) is 35.9 Å². The maximum atomic E-state index is 6.08. The highest BCUT2D eigenvalue weighted by atomic mass is 79.9. The number of nitrogens with one attached hydrogen (secondary N) is 1. The molecule has 0 aliphatic carbocycles. The van der Waals surface area contributed by atoms with E-state index in [0.29, 0.717) is 13.2 Å². The van der Waals surface area contributed by atoms with Crippen LogP contribution in [0.1, 0.15) is 11.7 Å². The summed E-state index contributed by atoms with van der Waals surface area (Å²) < 4.78 is 18.3. The van der Waals surface area contributed by atoms with E-state index in [0.717, 1.165) is 39.5 Å². The fourth-order valence-corrected chi connectivity index (χ4v) is 2.95. The molecule has 108 valence electrons. The summed E-state index contributed by atoms with van der Waals surface area (Å²) in [5.41, 5.74) is 2.10. The monoisotopic (exact) mass is 347 g/mol. The van der Waals surface area contributed by atoms with Gasteiger partial charge in [0, 0.05) is 4.47 Å². The van der Waals surface area contributed by atoms with E-state index in [1.165, 1.54) is 0 Å². The zero-order chi connectivity index (χ0) is 14.2. The van der Waals surface area contributed by atoms with Gasteiger partial charge >= 0.3 is 0 Å². The topological polar surface area (TPSA) is 39.7 Å². The van der Waals surface area contributed by atoms with Crippen molar-refractivity contribution in [2.24, 2.45) is 0 Å². The van der Waals surface area contributed by atoms with E-state index in [4.69, 9.17) is 14.2 Å². The number of halogens is 1. The summed E-state index contributed by atoms with van der Waals surface area (Å²) >= 11 is 3.47. The fraction of sp³-hybridized carbons (Fsp3) is 0.250. The molecular weight excluding hydrogens is 334 g/mol. The van der Waals surface area contributed by atoms with Crippen molar-refractivity contribution in [3.8, 4) is 17.2 Å². The second-order valence-electron chi connectivity index (χ2n) is 5.03. The second kappa shape index (κ2) is 5.15. The smallest absolute Gasteiger partial charge is 0.161 e. The van der Waals surface area contributed by atoms with Crippen LogP contribution in [-0.4, -0.2) is 19.8 Å². The fourth-order valence-electron chi connectivity index (χ4n) is 2.59. The number of fused-ring (bicyclic) bond motifs is 2. The van der Waals surface area contributed by atoms with Crippen molar-refractivity contribution in [2.75, 3.05) is 25.1 Å². The summed E-state index contributed by atoms with van der Waals surface area (Å²) in [5, 5.41) is 3.41. The zero-order valence-electron chi connectivity index (χ0n) is 11.3. The van der Waals surface area contributed by atoms with E-state index in [1.54, 1.807) is 0 Å². The minimum atomic E-state index is -0.0329. The molecule has 5 heteroatoms. The Labute approximate surface area is 131 Å². The lowest BCUT2D eigenvalue weighted by molar-refractivity contribution is 0.169. The van der Waals surface area contributed by atoms with Gasteiger partial charge in [0.15, 0.2) is 11.5 Å². The lowest BCUT2D eigenvalue weighted by Crippen LogP contribution is -2.24. The van der Waals surface area contributed by atoms with Crippen molar-refractivity contribution < 1.29 is 14.2 Å². The summed E-state index contributed by atoms with van der Waals surface area (Å²) in [6.45, 7) is 1.93. The van der Waals surface area contributed by atoms with Gasteiger partial charge in [-0.2, -0.15) is 0 Å². The number of ether oxygens (including phenoxy) is 3. The van der Waals surface area contributed by atoms with Crippen molar-refractivity contribution in [2.45, 2.75) is 6.10 Å². The minimum Gasteiger partial charge on any atom is -0.486 e. The lowest BCUT2D eigenvalue weighted by atomic mass is 10.1. The highest BCUT2D eigenvalue weighted by Gasteiger charge is 2.23. The maximum Gasteiger partial charge on any atom is 0.161 e. The number of rotatable bonds is 1. The Morgan fingerprint density at radius 1 is 0.952 bits per heavy atom. The molecule has 0 saturated carbocycles. The van der Waals surface area contributed by atoms with E-state index in [2.05, 4.69) is 21.2 Å². The van der Waals surface area contributed by atoms with Crippen LogP contribution in [0.5, 0.6) is 17.2 Å². The van der Waals surface area contributed by atoms with Gasteiger partial charge in [0.05, 0.1) is 12.2 Å². The van der Waals surface area contributed by atoms with Crippen LogP contribution in [0.2, 0.25) is 0 Å². The summed E-state index contributed by atoms with van der Waals surface area (Å²) in [5.74, 6) is 2.46. The molecule has 2 aromatic rings. The van der Waals surface area contributed by atoms with Gasteiger partial charge in [0.25, 0.3) is 0 Å². The molecule has 4 rings (SSSR count). The number of anilines is 1. The molecule has 0 radical (unpaired) electrons. The second-order valence-corrected chi connectivity index (χ2v) is 5.95. The molecule has 2 aromatic carbocycles. The first-order chi connectivity index (χ1) is 10.3. The van der Waals surface area contributed by atoms with Crippen molar-refractivity contribution in [3.63, 3.8) is 0 Å². The first kappa shape index (κ1) is 12.8. The molecule has 1 atom stereocenters. The van der Waals surface area contributed by atoms with Crippen LogP contribution < -0.4 is 19.5 Å². The van der Waals surface area contributed by atoms with Crippen LogP contribution >= 0.6 is 15.9 Å². The highest BCUT2D eigenvalue weighted by Crippen LogP contribution is 2.38. The first-order valence-electron chi connectivity index (χ1n) is 6.89. The van der Waals surface area contributed by atoms with E-state index in [1.807, 2.05) is 36.4 Å². The molecule has 0 saturated heterocycles. The normalized spacial score (nSPS) is 19.2. The summed E-state index contributed by atoms with van der Waals surface area (Å²) in [6, 6.07) is 12.0. The molecule has 2 aliphatic rings. The maximum absolute atomic E-state index is 6.08. The molecule has 4 nitrogen and oxygen atoms in total. The van der Waals surface area contributed by atoms with Gasteiger partial charge in [-0.25, -0.2) is 0 Å². The van der Waals surface area contributed by atoms with E-state index in [-0.39, 0.29) is 6.10 Å². The van der Waals surface area contributed by atoms with Crippen molar-refractivity contribution in [3.05, 3.63) is 46.4 Å². The SMILES string of the molecule is Brc1ccc2c(c1)NCC(c1ccc3c(c1)OCCO3)O2. The Kier molecular flexibility index (Phi) is 3.15. The quantitative estimate of drug-likeness (QED) is 0.852. The average molecular weight is 348 g/mol. The van der Waals surface area contributed by atoms with Gasteiger partial charge < -0.3 is 19.5 Å². The standard InChI is InChI=1S/C16H14BrNO3/c17-11-2-4-13-12(8-11)18-9-16(21-13)10-1-3-14-15(7-10)20-6-5-19-14/h1-4,7-8,16,18H,5-6,9H2. The molecule has 1 unspecified atom stereocenters. The molecule has 0 spiro atoms. The van der Waals surface area contributed by atoms with Crippen LogP contribution in [0.3, 0.4) is 0 Å². The number of hydrogen-bond donors (Lipinski definition) is 1. The first-order valence-corrected chi connectivity index (χ1v) is 7.68. The molecule has 2 heterocycles. The molecule has 1 N–H and O–H groups in total. The zero-order valence-corrected chi connectivity index (χ0v) is 12.9. The average Bonchev–Trinajstić information content (AvgIpc) is 2.54. The van der Waals surface area contributed by atoms with Crippen LogP contribution in [0, 0.1) is 0 Å². The van der Waals surface area contributed by atoms with Crippen LogP contribution in [0.25, 0.3) is 0 Å². The Hall–Kier alpha value is -1.88. The van der Waals surface area contributed by atoms with E-state index in [9.17, 15) is 0 Å². The summed E-state index contributed by atoms with van der Waals surface area (Å²) in [7, 11) is 0. The van der Waals surface area contributed by atoms with Crippen LogP contribution in [0.15, 0.2) is 40.9 Å². The Balaban J connectivity index is 1.62. The summed E-state index contributed by atoms with van der Waals surface area (Å²) in [4.78, 5) is 0. The van der Waals surface area contributed by atoms with Gasteiger partial charge in [0.2, 0.25) is 0 Å². The lowest BCUT2D eigenvalue weighted by Gasteiger charge is -2.28.